The molecule has 2 aliphatic heterocycles. The predicted molar refractivity (Wildman–Crippen MR) is 111 cm³/mol. The van der Waals surface area contributed by atoms with Crippen LogP contribution < -0.4 is 0 Å². The fourth-order valence-electron chi connectivity index (χ4n) is 6.59. The van der Waals surface area contributed by atoms with Crippen molar-refractivity contribution in [1.82, 2.24) is 34.3 Å². The molecule has 190 valence electrons. The largest absolute Gasteiger partial charge is 0.453 e. The SMILES string of the molecule is Cc1cc(C(F)F)nn1CC1CC2(C1)CN(C(=O)N1CC3(CC(n4cnc(C(F)(F)F)n4)C3)C1)C2. The van der Waals surface area contributed by atoms with Crippen LogP contribution in [-0.2, 0) is 12.7 Å². The molecule has 35 heavy (non-hydrogen) atoms. The zero-order valence-corrected chi connectivity index (χ0v) is 19.2. The quantitative estimate of drug-likeness (QED) is 0.599. The molecule has 2 aromatic rings. The Kier molecular flexibility index (Phi) is 4.80. The minimum atomic E-state index is -4.54. The average molecular weight is 499 g/mol. The Morgan fingerprint density at radius 3 is 2.17 bits per heavy atom. The van der Waals surface area contributed by atoms with Gasteiger partial charge in [-0.2, -0.15) is 18.3 Å². The molecule has 0 unspecified atom stereocenters. The van der Waals surface area contributed by atoms with Gasteiger partial charge in [-0.25, -0.2) is 23.2 Å². The van der Waals surface area contributed by atoms with Crippen molar-refractivity contribution in [3.63, 3.8) is 0 Å². The molecule has 2 spiro atoms. The highest BCUT2D eigenvalue weighted by molar-refractivity contribution is 5.77. The highest BCUT2D eigenvalue weighted by Gasteiger charge is 2.58. The molecular weight excluding hydrogens is 473 g/mol. The second-order valence-electron chi connectivity index (χ2n) is 11.1. The molecule has 13 heteroatoms. The maximum atomic E-state index is 12.8. The average Bonchev–Trinajstić information content (AvgIpc) is 3.27. The standard InChI is InChI=1S/C22H26F5N7O/c1-13-2-16(17(23)24)29-33(13)7-14-3-20(4-14)8-31(9-20)19(35)32-10-21(11-32)5-15(6-21)34-12-28-18(30-34)22(25,26)27/h2,12,14-15,17H,3-11H2,1H3. The van der Waals surface area contributed by atoms with E-state index in [1.807, 2.05) is 9.80 Å². The zero-order chi connectivity index (χ0) is 24.8. The first kappa shape index (κ1) is 22.7. The molecule has 4 aliphatic rings. The van der Waals surface area contributed by atoms with Gasteiger partial charge in [-0.1, -0.05) is 0 Å². The lowest BCUT2D eigenvalue weighted by Gasteiger charge is -2.63. The van der Waals surface area contributed by atoms with E-state index < -0.39 is 18.4 Å². The molecule has 2 amide bonds. The summed E-state index contributed by atoms with van der Waals surface area (Å²) in [5.74, 6) is -0.739. The van der Waals surface area contributed by atoms with Crippen LogP contribution in [0.15, 0.2) is 12.4 Å². The van der Waals surface area contributed by atoms with Crippen LogP contribution in [0, 0.1) is 23.7 Å². The van der Waals surface area contributed by atoms with E-state index in [0.29, 0.717) is 51.5 Å². The van der Waals surface area contributed by atoms with Crippen LogP contribution in [-0.4, -0.2) is 66.6 Å². The van der Waals surface area contributed by atoms with Crippen molar-refractivity contribution in [2.24, 2.45) is 16.7 Å². The number of aromatic nitrogens is 5. The molecule has 0 atom stereocenters. The van der Waals surface area contributed by atoms with E-state index in [-0.39, 0.29) is 28.6 Å². The van der Waals surface area contributed by atoms with E-state index in [4.69, 9.17) is 0 Å². The first-order chi connectivity index (χ1) is 16.4. The third kappa shape index (κ3) is 3.77. The van der Waals surface area contributed by atoms with Crippen LogP contribution >= 0.6 is 0 Å². The molecule has 2 aromatic heterocycles. The fraction of sp³-hybridized carbons (Fsp3) is 0.727. The molecule has 6 rings (SSSR count). The van der Waals surface area contributed by atoms with Crippen LogP contribution in [0.25, 0.3) is 0 Å². The number of urea groups is 1. The summed E-state index contributed by atoms with van der Waals surface area (Å²) in [5, 5.41) is 7.57. The summed E-state index contributed by atoms with van der Waals surface area (Å²) in [6.45, 7) is 5.09. The van der Waals surface area contributed by atoms with E-state index in [1.54, 1.807) is 11.6 Å². The van der Waals surface area contributed by atoms with Crippen molar-refractivity contribution < 1.29 is 26.7 Å². The maximum Gasteiger partial charge on any atom is 0.453 e. The molecular formula is C22H26F5N7O. The van der Waals surface area contributed by atoms with Crippen molar-refractivity contribution in [2.45, 2.75) is 57.8 Å². The number of halogens is 5. The molecule has 4 fully saturated rings. The number of alkyl halides is 5. The van der Waals surface area contributed by atoms with Crippen molar-refractivity contribution in [1.29, 1.82) is 0 Å². The summed E-state index contributed by atoms with van der Waals surface area (Å²) in [6, 6.07) is 1.35. The van der Waals surface area contributed by atoms with Gasteiger partial charge < -0.3 is 9.80 Å². The maximum absolute atomic E-state index is 12.8. The summed E-state index contributed by atoms with van der Waals surface area (Å²) in [6.07, 6.45) is -2.65. The Morgan fingerprint density at radius 1 is 1.06 bits per heavy atom. The monoisotopic (exact) mass is 499 g/mol. The second kappa shape index (κ2) is 7.39. The lowest BCUT2D eigenvalue weighted by Crippen LogP contribution is -2.71. The molecule has 2 aliphatic carbocycles. The second-order valence-corrected chi connectivity index (χ2v) is 11.1. The number of carbonyl (C=O) groups is 1. The number of aryl methyl sites for hydroxylation is 1. The summed E-state index contributed by atoms with van der Waals surface area (Å²) >= 11 is 0. The normalized spacial score (nSPS) is 23.4. The van der Waals surface area contributed by atoms with Gasteiger partial charge in [-0.05, 0) is 44.6 Å². The van der Waals surface area contributed by atoms with E-state index >= 15 is 0 Å². The third-order valence-corrected chi connectivity index (χ3v) is 8.22. The Balaban J connectivity index is 0.934. The topological polar surface area (TPSA) is 72.1 Å². The number of carbonyl (C=O) groups excluding carboxylic acids is 1. The summed E-state index contributed by atoms with van der Waals surface area (Å²) in [5.41, 5.74) is 0.670. The number of hydrogen-bond acceptors (Lipinski definition) is 4. The smallest absolute Gasteiger partial charge is 0.323 e. The third-order valence-electron chi connectivity index (χ3n) is 8.22. The Morgan fingerprint density at radius 2 is 1.66 bits per heavy atom. The van der Waals surface area contributed by atoms with E-state index in [0.717, 1.165) is 24.9 Å². The molecule has 0 bridgehead atoms. The van der Waals surface area contributed by atoms with Gasteiger partial charge in [0.15, 0.2) is 0 Å². The lowest BCUT2D eigenvalue weighted by molar-refractivity contribution is -0.145. The van der Waals surface area contributed by atoms with Gasteiger partial charge in [-0.15, -0.1) is 5.10 Å². The first-order valence-electron chi connectivity index (χ1n) is 11.8. The Hall–Kier alpha value is -2.73. The van der Waals surface area contributed by atoms with Gasteiger partial charge in [0.05, 0.1) is 6.04 Å². The molecule has 0 radical (unpaired) electrons. The van der Waals surface area contributed by atoms with Gasteiger partial charge in [0.1, 0.15) is 12.0 Å². The molecule has 4 heterocycles. The van der Waals surface area contributed by atoms with Gasteiger partial charge in [0.25, 0.3) is 12.2 Å². The van der Waals surface area contributed by atoms with Crippen LogP contribution in [0.5, 0.6) is 0 Å². The van der Waals surface area contributed by atoms with E-state index in [1.165, 1.54) is 10.7 Å². The highest BCUT2D eigenvalue weighted by Crippen LogP contribution is 2.56. The van der Waals surface area contributed by atoms with Crippen LogP contribution in [0.4, 0.5) is 26.7 Å². The van der Waals surface area contributed by atoms with Crippen LogP contribution in [0.1, 0.15) is 55.4 Å². The number of amides is 2. The molecule has 2 saturated carbocycles. The summed E-state index contributed by atoms with van der Waals surface area (Å²) < 4.78 is 66.8. The van der Waals surface area contributed by atoms with E-state index in [2.05, 4.69) is 15.2 Å². The minimum Gasteiger partial charge on any atom is -0.323 e. The summed E-state index contributed by atoms with van der Waals surface area (Å²) in [7, 11) is 0. The van der Waals surface area contributed by atoms with Crippen LogP contribution in [0.2, 0.25) is 0 Å². The molecule has 0 aromatic carbocycles. The van der Waals surface area contributed by atoms with Gasteiger partial charge in [-0.3, -0.25) is 4.68 Å². The molecule has 0 N–H and O–H groups in total. The molecule has 8 nitrogen and oxygen atoms in total. The number of rotatable bonds is 4. The van der Waals surface area contributed by atoms with Crippen LogP contribution in [0.3, 0.4) is 0 Å². The predicted octanol–water partition coefficient (Wildman–Crippen LogP) is 3.91. The minimum absolute atomic E-state index is 0.0203. The number of hydrogen-bond donors (Lipinski definition) is 0. The Bertz CT molecular complexity index is 1130. The first-order valence-corrected chi connectivity index (χ1v) is 11.8. The van der Waals surface area contributed by atoms with E-state index in [9.17, 15) is 26.7 Å². The van der Waals surface area contributed by atoms with Crippen molar-refractivity contribution >= 4 is 6.03 Å². The number of nitrogens with zero attached hydrogens (tertiary/aromatic N) is 7. The zero-order valence-electron chi connectivity index (χ0n) is 19.2. The Labute approximate surface area is 198 Å². The van der Waals surface area contributed by atoms with Gasteiger partial charge >= 0.3 is 12.2 Å². The lowest BCUT2D eigenvalue weighted by atomic mass is 9.57. The highest BCUT2D eigenvalue weighted by atomic mass is 19.4. The van der Waals surface area contributed by atoms with Gasteiger partial charge in [0.2, 0.25) is 0 Å². The summed E-state index contributed by atoms with van der Waals surface area (Å²) in [4.78, 5) is 19.9. The molecule has 2 saturated heterocycles. The van der Waals surface area contributed by atoms with Crippen molar-refractivity contribution in [2.75, 3.05) is 26.2 Å². The number of likely N-dealkylation sites (tertiary alicyclic amines) is 2. The van der Waals surface area contributed by atoms with Gasteiger partial charge in [0, 0.05) is 49.2 Å². The van der Waals surface area contributed by atoms with Crippen molar-refractivity contribution in [3.8, 4) is 0 Å². The fourth-order valence-corrected chi connectivity index (χ4v) is 6.59. The van der Waals surface area contributed by atoms with Crippen molar-refractivity contribution in [3.05, 3.63) is 29.6 Å².